The van der Waals surface area contributed by atoms with E-state index in [4.69, 9.17) is 14.5 Å². The quantitative estimate of drug-likeness (QED) is 0.591. The lowest BCUT2D eigenvalue weighted by Crippen LogP contribution is -2.23. The number of methoxy groups -OCH3 is 1. The van der Waals surface area contributed by atoms with Gasteiger partial charge in [-0.25, -0.2) is 9.78 Å². The van der Waals surface area contributed by atoms with Crippen LogP contribution in [0.1, 0.15) is 69.3 Å². The summed E-state index contributed by atoms with van der Waals surface area (Å²) in [7, 11) is 1.36. The topological polar surface area (TPSA) is 94.5 Å². The van der Waals surface area contributed by atoms with Crippen molar-refractivity contribution in [1.82, 2.24) is 9.55 Å². The summed E-state index contributed by atoms with van der Waals surface area (Å²) in [5.41, 5.74) is 2.34. The minimum Gasteiger partial charge on any atom is -0.464 e. The largest absolute Gasteiger partial charge is 0.464 e. The molecule has 0 radical (unpaired) electrons. The first-order valence-corrected chi connectivity index (χ1v) is 11.8. The van der Waals surface area contributed by atoms with Crippen LogP contribution in [-0.4, -0.2) is 47.3 Å². The molecule has 3 heterocycles. The fourth-order valence-corrected chi connectivity index (χ4v) is 4.65. The van der Waals surface area contributed by atoms with Gasteiger partial charge in [0.1, 0.15) is 5.65 Å². The van der Waals surface area contributed by atoms with E-state index >= 15 is 0 Å². The van der Waals surface area contributed by atoms with Crippen molar-refractivity contribution in [2.24, 2.45) is 5.92 Å². The molecular weight excluding hydrogens is 408 g/mol. The Morgan fingerprint density at radius 2 is 2.06 bits per heavy atom. The summed E-state index contributed by atoms with van der Waals surface area (Å²) in [5.74, 6) is -0.793. The maximum absolute atomic E-state index is 12.9. The first kappa shape index (κ1) is 22.6. The van der Waals surface area contributed by atoms with Gasteiger partial charge in [0.25, 0.3) is 0 Å². The van der Waals surface area contributed by atoms with E-state index in [1.54, 1.807) is 0 Å². The molecule has 2 fully saturated rings. The van der Waals surface area contributed by atoms with Crippen molar-refractivity contribution in [3.8, 4) is 0 Å². The molecule has 0 spiro atoms. The van der Waals surface area contributed by atoms with Gasteiger partial charge in [0, 0.05) is 24.0 Å². The fraction of sp³-hybridized carbons (Fsp3) is 0.625. The van der Waals surface area contributed by atoms with E-state index < -0.39 is 5.97 Å². The van der Waals surface area contributed by atoms with Gasteiger partial charge in [0.05, 0.1) is 37.3 Å². The molecule has 1 saturated carbocycles. The van der Waals surface area contributed by atoms with Gasteiger partial charge < -0.3 is 24.7 Å². The minimum atomic E-state index is -0.495. The van der Waals surface area contributed by atoms with E-state index in [0.29, 0.717) is 36.0 Å². The van der Waals surface area contributed by atoms with E-state index in [2.05, 4.69) is 10.6 Å². The summed E-state index contributed by atoms with van der Waals surface area (Å²) in [6.07, 6.45) is 9.20. The van der Waals surface area contributed by atoms with E-state index in [1.165, 1.54) is 20.0 Å². The molecule has 2 aliphatic rings. The van der Waals surface area contributed by atoms with Gasteiger partial charge in [0.15, 0.2) is 5.69 Å². The zero-order valence-electron chi connectivity index (χ0n) is 19.3. The molecular formula is C24H34N4O4. The monoisotopic (exact) mass is 442 g/mol. The summed E-state index contributed by atoms with van der Waals surface area (Å²) in [6, 6.07) is 2.42. The molecule has 1 aliphatic heterocycles. The number of nitrogens with zero attached hydrogens (tertiary/aromatic N) is 2. The minimum absolute atomic E-state index is 0.00483. The van der Waals surface area contributed by atoms with Gasteiger partial charge >= 0.3 is 5.97 Å². The number of rotatable bonds is 8. The number of esters is 1. The molecule has 8 heteroatoms. The van der Waals surface area contributed by atoms with Crippen molar-refractivity contribution in [2.45, 2.75) is 77.5 Å². The molecule has 2 N–H and O–H groups in total. The highest BCUT2D eigenvalue weighted by atomic mass is 16.5. The third-order valence-electron chi connectivity index (χ3n) is 6.72. The highest BCUT2D eigenvalue weighted by Crippen LogP contribution is 2.35. The molecule has 1 amide bonds. The summed E-state index contributed by atoms with van der Waals surface area (Å²) in [5, 5.41) is 7.32. The maximum Gasteiger partial charge on any atom is 0.356 e. The maximum atomic E-state index is 12.9. The number of anilines is 2. The van der Waals surface area contributed by atoms with Crippen LogP contribution in [0.4, 0.5) is 11.4 Å². The molecule has 8 nitrogen and oxygen atoms in total. The van der Waals surface area contributed by atoms with Gasteiger partial charge in [-0.05, 0) is 38.2 Å². The normalized spacial score (nSPS) is 19.9. The van der Waals surface area contributed by atoms with Gasteiger partial charge in [-0.15, -0.1) is 0 Å². The van der Waals surface area contributed by atoms with Crippen molar-refractivity contribution in [2.75, 3.05) is 24.4 Å². The zero-order chi connectivity index (χ0) is 22.7. The van der Waals surface area contributed by atoms with Crippen molar-refractivity contribution in [1.29, 1.82) is 0 Å². The standard InChI is InChI=1S/C24H34N4O4/c1-4-15(2)23(29)27-20-19-12-17(26-16-8-5-6-9-16)13-25-22(19)28(21(20)24(30)31-3)14-18-10-7-11-32-18/h12-13,15-16,18,26H,4-11,14H2,1-3H3,(H,27,29). The predicted molar refractivity (Wildman–Crippen MR) is 124 cm³/mol. The Hall–Kier alpha value is -2.61. The second-order valence-electron chi connectivity index (χ2n) is 8.98. The second-order valence-corrected chi connectivity index (χ2v) is 8.98. The number of pyridine rings is 1. The Morgan fingerprint density at radius 1 is 1.28 bits per heavy atom. The summed E-state index contributed by atoms with van der Waals surface area (Å²) in [6.45, 7) is 5.06. The van der Waals surface area contributed by atoms with Crippen LogP contribution in [0.5, 0.6) is 0 Å². The number of carbonyl (C=O) groups is 2. The first-order chi connectivity index (χ1) is 15.5. The van der Waals surface area contributed by atoms with Crippen LogP contribution in [0, 0.1) is 5.92 Å². The van der Waals surface area contributed by atoms with Crippen LogP contribution in [0.25, 0.3) is 11.0 Å². The Balaban J connectivity index is 1.80. The molecule has 1 aliphatic carbocycles. The van der Waals surface area contributed by atoms with Crippen molar-refractivity contribution in [3.63, 3.8) is 0 Å². The van der Waals surface area contributed by atoms with Gasteiger partial charge in [0.2, 0.25) is 5.91 Å². The molecule has 32 heavy (non-hydrogen) atoms. The van der Waals surface area contributed by atoms with Gasteiger partial charge in [-0.3, -0.25) is 4.79 Å². The van der Waals surface area contributed by atoms with E-state index in [0.717, 1.165) is 43.4 Å². The summed E-state index contributed by atoms with van der Waals surface area (Å²) < 4.78 is 12.8. The molecule has 0 bridgehead atoms. The number of amides is 1. The van der Waals surface area contributed by atoms with Crippen LogP contribution in [0.3, 0.4) is 0 Å². The van der Waals surface area contributed by atoms with Gasteiger partial charge in [-0.1, -0.05) is 26.7 Å². The highest BCUT2D eigenvalue weighted by molar-refractivity contribution is 6.11. The van der Waals surface area contributed by atoms with E-state index in [1.807, 2.05) is 30.7 Å². The van der Waals surface area contributed by atoms with Gasteiger partial charge in [-0.2, -0.15) is 0 Å². The second kappa shape index (κ2) is 9.90. The smallest absolute Gasteiger partial charge is 0.356 e. The van der Waals surface area contributed by atoms with Crippen LogP contribution >= 0.6 is 0 Å². The average molecular weight is 443 g/mol. The SMILES string of the molecule is CCC(C)C(=O)Nc1c(C(=O)OC)n(CC2CCCO2)c2ncc(NC3CCCC3)cc12. The Kier molecular flexibility index (Phi) is 6.98. The lowest BCUT2D eigenvalue weighted by Gasteiger charge is -2.15. The van der Waals surface area contributed by atoms with E-state index in [-0.39, 0.29) is 17.9 Å². The average Bonchev–Trinajstić information content (AvgIpc) is 3.55. The molecule has 2 aromatic rings. The number of hydrogen-bond acceptors (Lipinski definition) is 6. The van der Waals surface area contributed by atoms with Crippen molar-refractivity contribution < 1.29 is 19.1 Å². The van der Waals surface area contributed by atoms with Crippen LogP contribution in [-0.2, 0) is 20.8 Å². The molecule has 0 aromatic carbocycles. The summed E-state index contributed by atoms with van der Waals surface area (Å²) >= 11 is 0. The van der Waals surface area contributed by atoms with Crippen molar-refractivity contribution in [3.05, 3.63) is 18.0 Å². The number of hydrogen-bond donors (Lipinski definition) is 2. The predicted octanol–water partition coefficient (Wildman–Crippen LogP) is 4.34. The number of carbonyl (C=O) groups excluding carboxylic acids is 2. The molecule has 1 saturated heterocycles. The molecule has 2 unspecified atom stereocenters. The lowest BCUT2D eigenvalue weighted by atomic mass is 10.1. The first-order valence-electron chi connectivity index (χ1n) is 11.8. The van der Waals surface area contributed by atoms with Crippen molar-refractivity contribution >= 4 is 34.3 Å². The number of aromatic nitrogens is 2. The Labute approximate surface area is 189 Å². The highest BCUT2D eigenvalue weighted by Gasteiger charge is 2.29. The number of ether oxygens (including phenoxy) is 2. The zero-order valence-corrected chi connectivity index (χ0v) is 19.3. The molecule has 2 atom stereocenters. The lowest BCUT2D eigenvalue weighted by molar-refractivity contribution is -0.119. The third kappa shape index (κ3) is 4.60. The third-order valence-corrected chi connectivity index (χ3v) is 6.72. The van der Waals surface area contributed by atoms with Crippen LogP contribution in [0.15, 0.2) is 12.3 Å². The molecule has 174 valence electrons. The Morgan fingerprint density at radius 3 is 2.72 bits per heavy atom. The van der Waals surface area contributed by atoms with E-state index in [9.17, 15) is 9.59 Å². The Bertz CT molecular complexity index is 974. The van der Waals surface area contributed by atoms with Crippen LogP contribution in [0.2, 0.25) is 0 Å². The number of fused-ring (bicyclic) bond motifs is 1. The fourth-order valence-electron chi connectivity index (χ4n) is 4.65. The molecule has 4 rings (SSSR count). The van der Waals surface area contributed by atoms with Crippen LogP contribution < -0.4 is 10.6 Å². The molecule has 2 aromatic heterocycles. The number of nitrogens with one attached hydrogen (secondary N) is 2. The summed E-state index contributed by atoms with van der Waals surface area (Å²) in [4.78, 5) is 30.5.